The zero-order chi connectivity index (χ0) is 12.1. The Bertz CT molecular complexity index is 239. The van der Waals surface area contributed by atoms with E-state index in [1.165, 1.54) is 0 Å². The number of amides is 1. The fourth-order valence-electron chi connectivity index (χ4n) is 1.95. The van der Waals surface area contributed by atoms with Gasteiger partial charge >= 0.3 is 0 Å². The van der Waals surface area contributed by atoms with Crippen molar-refractivity contribution in [2.45, 2.75) is 51.7 Å². The third-order valence-electron chi connectivity index (χ3n) is 3.26. The number of halogens is 2. The highest BCUT2D eigenvalue weighted by Gasteiger charge is 2.20. The van der Waals surface area contributed by atoms with Crippen LogP contribution in [0.2, 0.25) is 0 Å². The lowest BCUT2D eigenvalue weighted by Gasteiger charge is -2.29. The van der Waals surface area contributed by atoms with E-state index in [0.29, 0.717) is 24.7 Å². The van der Waals surface area contributed by atoms with Crippen LogP contribution < -0.4 is 10.6 Å². The Morgan fingerprint density at radius 3 is 2.56 bits per heavy atom. The van der Waals surface area contributed by atoms with E-state index in [-0.39, 0.29) is 30.7 Å². The molecule has 0 bridgehead atoms. The Morgan fingerprint density at radius 1 is 1.44 bits per heavy atom. The van der Waals surface area contributed by atoms with Gasteiger partial charge in [-0.15, -0.1) is 24.8 Å². The molecule has 0 saturated carbocycles. The molecule has 1 rings (SSSR count). The van der Waals surface area contributed by atoms with Crippen LogP contribution in [0.25, 0.3) is 0 Å². The van der Waals surface area contributed by atoms with Crippen molar-refractivity contribution in [3.8, 4) is 0 Å². The molecule has 2 N–H and O–H groups in total. The molecule has 1 aliphatic rings. The van der Waals surface area contributed by atoms with Gasteiger partial charge < -0.3 is 10.6 Å². The van der Waals surface area contributed by atoms with Crippen LogP contribution in [0, 0.1) is 0 Å². The number of piperidine rings is 1. The van der Waals surface area contributed by atoms with Crippen LogP contribution in [0.5, 0.6) is 0 Å². The SMILES string of the molecule is CC1CC(NC(=O)CN(C)C(C)C)CCN1.Cl.Cl. The summed E-state index contributed by atoms with van der Waals surface area (Å²) in [5.41, 5.74) is 0. The molecular weight excluding hydrogens is 273 g/mol. The summed E-state index contributed by atoms with van der Waals surface area (Å²) in [7, 11) is 1.98. The van der Waals surface area contributed by atoms with Gasteiger partial charge in [0.15, 0.2) is 0 Å². The number of carbonyl (C=O) groups is 1. The number of rotatable bonds is 4. The minimum absolute atomic E-state index is 0. The van der Waals surface area contributed by atoms with Crippen LogP contribution in [-0.2, 0) is 4.79 Å². The molecule has 4 nitrogen and oxygen atoms in total. The summed E-state index contributed by atoms with van der Waals surface area (Å²) in [6.07, 6.45) is 2.08. The van der Waals surface area contributed by atoms with E-state index in [1.807, 2.05) is 7.05 Å². The largest absolute Gasteiger partial charge is 0.352 e. The molecule has 6 heteroatoms. The van der Waals surface area contributed by atoms with Gasteiger partial charge in [-0.2, -0.15) is 0 Å². The van der Waals surface area contributed by atoms with Gasteiger partial charge in [-0.25, -0.2) is 0 Å². The van der Waals surface area contributed by atoms with Gasteiger partial charge in [-0.1, -0.05) is 0 Å². The summed E-state index contributed by atoms with van der Waals surface area (Å²) in [4.78, 5) is 13.8. The smallest absolute Gasteiger partial charge is 0.234 e. The maximum atomic E-state index is 11.8. The normalized spacial score (nSPS) is 23.2. The molecular formula is C12H27Cl2N3O. The van der Waals surface area contributed by atoms with E-state index in [4.69, 9.17) is 0 Å². The standard InChI is InChI=1S/C12H25N3O.2ClH/c1-9(2)15(4)8-12(16)14-11-5-6-13-10(3)7-11;;/h9-11,13H,5-8H2,1-4H3,(H,14,16);2*1H. The van der Waals surface area contributed by atoms with Crippen molar-refractivity contribution in [2.24, 2.45) is 0 Å². The van der Waals surface area contributed by atoms with E-state index in [9.17, 15) is 4.79 Å². The predicted molar refractivity (Wildman–Crippen MR) is 80.9 cm³/mol. The van der Waals surface area contributed by atoms with E-state index in [2.05, 4.69) is 36.3 Å². The highest BCUT2D eigenvalue weighted by molar-refractivity contribution is 5.85. The van der Waals surface area contributed by atoms with Crippen molar-refractivity contribution in [2.75, 3.05) is 20.1 Å². The van der Waals surface area contributed by atoms with Gasteiger partial charge in [-0.3, -0.25) is 9.69 Å². The molecule has 1 fully saturated rings. The van der Waals surface area contributed by atoms with Gasteiger partial charge in [0, 0.05) is 18.1 Å². The molecule has 0 aromatic heterocycles. The molecule has 1 saturated heterocycles. The van der Waals surface area contributed by atoms with Crippen LogP contribution in [-0.4, -0.2) is 49.1 Å². The molecule has 0 spiro atoms. The van der Waals surface area contributed by atoms with E-state index in [0.717, 1.165) is 19.4 Å². The van der Waals surface area contributed by atoms with Crippen LogP contribution in [0.3, 0.4) is 0 Å². The molecule has 2 atom stereocenters. The molecule has 0 aromatic carbocycles. The number of carbonyl (C=O) groups excluding carboxylic acids is 1. The van der Waals surface area contributed by atoms with Crippen LogP contribution in [0.1, 0.15) is 33.6 Å². The number of likely N-dealkylation sites (N-methyl/N-ethyl adjacent to an activating group) is 1. The molecule has 0 aliphatic carbocycles. The second kappa shape index (κ2) is 9.84. The van der Waals surface area contributed by atoms with E-state index >= 15 is 0 Å². The second-order valence-electron chi connectivity index (χ2n) is 5.15. The van der Waals surface area contributed by atoms with Gasteiger partial charge in [-0.05, 0) is 47.2 Å². The van der Waals surface area contributed by atoms with Crippen LogP contribution in [0.4, 0.5) is 0 Å². The Kier molecular flexibility index (Phi) is 11.1. The van der Waals surface area contributed by atoms with Crippen molar-refractivity contribution in [3.63, 3.8) is 0 Å². The zero-order valence-electron chi connectivity index (χ0n) is 11.7. The summed E-state index contributed by atoms with van der Waals surface area (Å²) in [6, 6.07) is 1.28. The summed E-state index contributed by atoms with van der Waals surface area (Å²) >= 11 is 0. The molecule has 1 aliphatic heterocycles. The number of nitrogens with one attached hydrogen (secondary N) is 2. The lowest BCUT2D eigenvalue weighted by atomic mass is 10.0. The maximum Gasteiger partial charge on any atom is 0.234 e. The lowest BCUT2D eigenvalue weighted by molar-refractivity contribution is -0.123. The Morgan fingerprint density at radius 2 is 2.06 bits per heavy atom. The van der Waals surface area contributed by atoms with Crippen molar-refractivity contribution >= 4 is 30.7 Å². The first kappa shape index (κ1) is 20.3. The second-order valence-corrected chi connectivity index (χ2v) is 5.15. The van der Waals surface area contributed by atoms with Gasteiger partial charge in [0.1, 0.15) is 0 Å². The quantitative estimate of drug-likeness (QED) is 0.825. The number of hydrogen-bond donors (Lipinski definition) is 2. The first-order valence-electron chi connectivity index (χ1n) is 6.22. The van der Waals surface area contributed by atoms with Crippen molar-refractivity contribution < 1.29 is 4.79 Å². The highest BCUT2D eigenvalue weighted by Crippen LogP contribution is 2.07. The molecule has 1 amide bonds. The monoisotopic (exact) mass is 299 g/mol. The Hall–Kier alpha value is -0.0300. The van der Waals surface area contributed by atoms with Gasteiger partial charge in [0.25, 0.3) is 0 Å². The molecule has 1 heterocycles. The maximum absolute atomic E-state index is 11.8. The van der Waals surface area contributed by atoms with Crippen LogP contribution in [0.15, 0.2) is 0 Å². The summed E-state index contributed by atoms with van der Waals surface area (Å²) < 4.78 is 0. The summed E-state index contributed by atoms with van der Waals surface area (Å²) in [5, 5.41) is 6.50. The fourth-order valence-corrected chi connectivity index (χ4v) is 1.95. The molecule has 0 aromatic rings. The first-order valence-corrected chi connectivity index (χ1v) is 6.22. The predicted octanol–water partition coefficient (Wildman–Crippen LogP) is 1.43. The minimum atomic E-state index is 0. The Labute approximate surface area is 123 Å². The summed E-state index contributed by atoms with van der Waals surface area (Å²) in [5.74, 6) is 0.148. The third kappa shape index (κ3) is 7.41. The van der Waals surface area contributed by atoms with E-state index in [1.54, 1.807) is 0 Å². The van der Waals surface area contributed by atoms with Crippen molar-refractivity contribution in [3.05, 3.63) is 0 Å². The first-order chi connectivity index (χ1) is 7.49. The lowest BCUT2D eigenvalue weighted by Crippen LogP contribution is -2.49. The average molecular weight is 300 g/mol. The van der Waals surface area contributed by atoms with Gasteiger partial charge in [0.2, 0.25) is 5.91 Å². The minimum Gasteiger partial charge on any atom is -0.352 e. The highest BCUT2D eigenvalue weighted by atomic mass is 35.5. The van der Waals surface area contributed by atoms with Gasteiger partial charge in [0.05, 0.1) is 6.54 Å². The number of nitrogens with zero attached hydrogens (tertiary/aromatic N) is 1. The van der Waals surface area contributed by atoms with Crippen molar-refractivity contribution in [1.29, 1.82) is 0 Å². The fraction of sp³-hybridized carbons (Fsp3) is 0.917. The number of hydrogen-bond acceptors (Lipinski definition) is 3. The molecule has 18 heavy (non-hydrogen) atoms. The molecule has 0 radical (unpaired) electrons. The van der Waals surface area contributed by atoms with Crippen molar-refractivity contribution in [1.82, 2.24) is 15.5 Å². The topological polar surface area (TPSA) is 44.4 Å². The van der Waals surface area contributed by atoms with E-state index < -0.39 is 0 Å². The Balaban J connectivity index is 0. The third-order valence-corrected chi connectivity index (χ3v) is 3.26. The molecule has 110 valence electrons. The zero-order valence-corrected chi connectivity index (χ0v) is 13.4. The van der Waals surface area contributed by atoms with Crippen LogP contribution >= 0.6 is 24.8 Å². The summed E-state index contributed by atoms with van der Waals surface area (Å²) in [6.45, 7) is 7.86. The molecule has 2 unspecified atom stereocenters. The average Bonchev–Trinajstić information content (AvgIpc) is 2.16.